The van der Waals surface area contributed by atoms with Gasteiger partial charge in [0.15, 0.2) is 11.5 Å². The van der Waals surface area contributed by atoms with Crippen molar-refractivity contribution < 1.29 is 0 Å². The first-order chi connectivity index (χ1) is 10.4. The maximum atomic E-state index is 9.10. The first kappa shape index (κ1) is 13.3. The molecule has 1 fully saturated rings. The summed E-state index contributed by atoms with van der Waals surface area (Å²) in [6, 6.07) is 7.94. The molecule has 1 aliphatic rings. The van der Waals surface area contributed by atoms with Crippen molar-refractivity contribution in [2.75, 3.05) is 29.9 Å². The molecule has 3 heterocycles. The standard InChI is InChI=1S/C15H16N6/c16-9-13-15(19-7-6-17-13)21-8-4-12(11-21)10-20-14-3-1-2-5-18-14/h1-3,5-7,12H,4,8,10-11H2,(H,18,20). The molecule has 1 atom stereocenters. The lowest BCUT2D eigenvalue weighted by atomic mass is 10.1. The van der Waals surface area contributed by atoms with Gasteiger partial charge in [0.25, 0.3) is 0 Å². The summed E-state index contributed by atoms with van der Waals surface area (Å²) >= 11 is 0. The quantitative estimate of drug-likeness (QED) is 0.918. The van der Waals surface area contributed by atoms with E-state index in [4.69, 9.17) is 5.26 Å². The highest BCUT2D eigenvalue weighted by molar-refractivity contribution is 5.50. The monoisotopic (exact) mass is 280 g/mol. The zero-order valence-corrected chi connectivity index (χ0v) is 11.6. The second-order valence-corrected chi connectivity index (χ2v) is 5.04. The van der Waals surface area contributed by atoms with E-state index in [9.17, 15) is 0 Å². The smallest absolute Gasteiger partial charge is 0.183 e. The lowest BCUT2D eigenvalue weighted by Crippen LogP contribution is -2.24. The fourth-order valence-electron chi connectivity index (χ4n) is 2.55. The van der Waals surface area contributed by atoms with Crippen molar-refractivity contribution in [2.45, 2.75) is 6.42 Å². The van der Waals surface area contributed by atoms with Gasteiger partial charge in [-0.15, -0.1) is 0 Å². The summed E-state index contributed by atoms with van der Waals surface area (Å²) in [6.45, 7) is 2.66. The van der Waals surface area contributed by atoms with Crippen LogP contribution >= 0.6 is 0 Å². The molecule has 106 valence electrons. The molecule has 0 radical (unpaired) electrons. The Hall–Kier alpha value is -2.68. The van der Waals surface area contributed by atoms with Crippen LogP contribution in [0.3, 0.4) is 0 Å². The van der Waals surface area contributed by atoms with E-state index < -0.39 is 0 Å². The van der Waals surface area contributed by atoms with Gasteiger partial charge < -0.3 is 10.2 Å². The summed E-state index contributed by atoms with van der Waals surface area (Å²) in [7, 11) is 0. The maximum absolute atomic E-state index is 9.10. The van der Waals surface area contributed by atoms with E-state index in [0.717, 1.165) is 31.9 Å². The highest BCUT2D eigenvalue weighted by Crippen LogP contribution is 2.23. The van der Waals surface area contributed by atoms with Gasteiger partial charge in [-0.3, -0.25) is 0 Å². The van der Waals surface area contributed by atoms with E-state index in [1.807, 2.05) is 18.2 Å². The molecule has 0 bridgehead atoms. The molecule has 2 aromatic heterocycles. The van der Waals surface area contributed by atoms with Gasteiger partial charge in [0.05, 0.1) is 0 Å². The number of aromatic nitrogens is 3. The normalized spacial score (nSPS) is 17.5. The Labute approximate surface area is 123 Å². The van der Waals surface area contributed by atoms with Gasteiger partial charge in [-0.1, -0.05) is 6.07 Å². The summed E-state index contributed by atoms with van der Waals surface area (Å²) in [5, 5.41) is 12.4. The lowest BCUT2D eigenvalue weighted by Gasteiger charge is -2.18. The largest absolute Gasteiger partial charge is 0.370 e. The Morgan fingerprint density at radius 3 is 2.95 bits per heavy atom. The van der Waals surface area contributed by atoms with Crippen molar-refractivity contribution in [3.63, 3.8) is 0 Å². The molecule has 0 spiro atoms. The van der Waals surface area contributed by atoms with Crippen molar-refractivity contribution in [1.29, 1.82) is 5.26 Å². The van der Waals surface area contributed by atoms with Crippen LogP contribution in [-0.4, -0.2) is 34.6 Å². The molecule has 1 N–H and O–H groups in total. The summed E-state index contributed by atoms with van der Waals surface area (Å²) in [4.78, 5) is 14.8. The summed E-state index contributed by atoms with van der Waals surface area (Å²) in [6.07, 6.45) is 6.04. The van der Waals surface area contributed by atoms with Crippen LogP contribution in [0.15, 0.2) is 36.8 Å². The Morgan fingerprint density at radius 1 is 1.24 bits per heavy atom. The zero-order valence-electron chi connectivity index (χ0n) is 11.6. The number of nitriles is 1. The van der Waals surface area contributed by atoms with E-state index >= 15 is 0 Å². The minimum Gasteiger partial charge on any atom is -0.370 e. The predicted octanol–water partition coefficient (Wildman–Crippen LogP) is 1.68. The maximum Gasteiger partial charge on any atom is 0.183 e. The molecule has 2 aromatic rings. The second-order valence-electron chi connectivity index (χ2n) is 5.04. The first-order valence-corrected chi connectivity index (χ1v) is 6.98. The number of nitrogens with one attached hydrogen (secondary N) is 1. The Morgan fingerprint density at radius 2 is 2.14 bits per heavy atom. The Kier molecular flexibility index (Phi) is 3.92. The molecule has 21 heavy (non-hydrogen) atoms. The van der Waals surface area contributed by atoms with Gasteiger partial charge >= 0.3 is 0 Å². The number of hydrogen-bond donors (Lipinski definition) is 1. The predicted molar refractivity (Wildman–Crippen MR) is 79.8 cm³/mol. The van der Waals surface area contributed by atoms with Crippen molar-refractivity contribution >= 4 is 11.6 Å². The average Bonchev–Trinajstić information content (AvgIpc) is 3.02. The molecule has 1 unspecified atom stereocenters. The van der Waals surface area contributed by atoms with E-state index in [2.05, 4.69) is 31.2 Å². The van der Waals surface area contributed by atoms with Crippen LogP contribution in [0.4, 0.5) is 11.6 Å². The van der Waals surface area contributed by atoms with Crippen molar-refractivity contribution in [3.8, 4) is 6.07 Å². The minimum absolute atomic E-state index is 0.399. The van der Waals surface area contributed by atoms with Crippen molar-refractivity contribution in [3.05, 3.63) is 42.5 Å². The van der Waals surface area contributed by atoms with E-state index in [1.165, 1.54) is 0 Å². The highest BCUT2D eigenvalue weighted by Gasteiger charge is 2.25. The second kappa shape index (κ2) is 6.18. The molecule has 0 aliphatic carbocycles. The Balaban J connectivity index is 1.60. The fourth-order valence-corrected chi connectivity index (χ4v) is 2.55. The molecule has 0 aromatic carbocycles. The van der Waals surface area contributed by atoms with Crippen LogP contribution in [0.2, 0.25) is 0 Å². The van der Waals surface area contributed by atoms with Gasteiger partial charge in [0.1, 0.15) is 11.9 Å². The summed E-state index contributed by atoms with van der Waals surface area (Å²) in [5.41, 5.74) is 0.399. The molecule has 6 heteroatoms. The number of pyridine rings is 1. The zero-order chi connectivity index (χ0) is 14.5. The topological polar surface area (TPSA) is 77.7 Å². The minimum atomic E-state index is 0.399. The van der Waals surface area contributed by atoms with Crippen molar-refractivity contribution in [2.24, 2.45) is 5.92 Å². The average molecular weight is 280 g/mol. The molecule has 0 saturated carbocycles. The van der Waals surface area contributed by atoms with Gasteiger partial charge in [-0.25, -0.2) is 15.0 Å². The number of anilines is 2. The van der Waals surface area contributed by atoms with Gasteiger partial charge in [0, 0.05) is 38.2 Å². The first-order valence-electron chi connectivity index (χ1n) is 6.98. The third-order valence-corrected chi connectivity index (χ3v) is 3.61. The summed E-state index contributed by atoms with van der Waals surface area (Å²) < 4.78 is 0. The molecule has 1 aliphatic heterocycles. The van der Waals surface area contributed by atoms with Crippen LogP contribution in [-0.2, 0) is 0 Å². The van der Waals surface area contributed by atoms with E-state index in [1.54, 1.807) is 18.6 Å². The number of hydrogen-bond acceptors (Lipinski definition) is 6. The van der Waals surface area contributed by atoms with E-state index in [0.29, 0.717) is 17.4 Å². The van der Waals surface area contributed by atoms with Gasteiger partial charge in [0.2, 0.25) is 0 Å². The molecular weight excluding hydrogens is 264 g/mol. The molecule has 0 amide bonds. The van der Waals surface area contributed by atoms with Crippen LogP contribution < -0.4 is 10.2 Å². The number of nitrogens with zero attached hydrogens (tertiary/aromatic N) is 5. The van der Waals surface area contributed by atoms with E-state index in [-0.39, 0.29) is 0 Å². The van der Waals surface area contributed by atoms with Crippen LogP contribution in [0.1, 0.15) is 12.1 Å². The third-order valence-electron chi connectivity index (χ3n) is 3.61. The molecule has 1 saturated heterocycles. The van der Waals surface area contributed by atoms with Gasteiger partial charge in [-0.05, 0) is 24.5 Å². The van der Waals surface area contributed by atoms with Crippen LogP contribution in [0, 0.1) is 17.2 Å². The van der Waals surface area contributed by atoms with Crippen LogP contribution in [0.25, 0.3) is 0 Å². The highest BCUT2D eigenvalue weighted by atomic mass is 15.2. The van der Waals surface area contributed by atoms with Crippen LogP contribution in [0.5, 0.6) is 0 Å². The SMILES string of the molecule is N#Cc1nccnc1N1CCC(CNc2ccccn2)C1. The fraction of sp³-hybridized carbons (Fsp3) is 0.333. The molecular formula is C15H16N6. The molecule has 6 nitrogen and oxygen atoms in total. The van der Waals surface area contributed by atoms with Gasteiger partial charge in [-0.2, -0.15) is 5.26 Å². The third kappa shape index (κ3) is 3.08. The summed E-state index contributed by atoms with van der Waals surface area (Å²) in [5.74, 6) is 2.11. The van der Waals surface area contributed by atoms with Crippen molar-refractivity contribution in [1.82, 2.24) is 15.0 Å². The number of rotatable bonds is 4. The Bertz CT molecular complexity index is 636. The lowest BCUT2D eigenvalue weighted by molar-refractivity contribution is 0.620. The molecule has 3 rings (SSSR count).